The predicted octanol–water partition coefficient (Wildman–Crippen LogP) is 4.01. The largest absolute Gasteiger partial charge is 0.384 e. The van der Waals surface area contributed by atoms with Crippen LogP contribution in [-0.4, -0.2) is 11.5 Å². The zero-order chi connectivity index (χ0) is 15.4. The smallest absolute Gasteiger partial charge is 0.271 e. The van der Waals surface area contributed by atoms with Gasteiger partial charge < -0.3 is 5.32 Å². The average Bonchev–Trinajstić information content (AvgIpc) is 2.43. The zero-order valence-electron chi connectivity index (χ0n) is 12.0. The van der Waals surface area contributed by atoms with Crippen LogP contribution in [-0.2, 0) is 6.42 Å². The van der Waals surface area contributed by atoms with Gasteiger partial charge in [0.1, 0.15) is 5.82 Å². The molecule has 0 unspecified atom stereocenters. The summed E-state index contributed by atoms with van der Waals surface area (Å²) in [7, 11) is 0. The van der Waals surface area contributed by atoms with E-state index < -0.39 is 4.92 Å². The third kappa shape index (κ3) is 3.78. The van der Waals surface area contributed by atoms with E-state index in [-0.39, 0.29) is 11.5 Å². The highest BCUT2D eigenvalue weighted by molar-refractivity contribution is 5.56. The van der Waals surface area contributed by atoms with Gasteiger partial charge in [0.2, 0.25) is 0 Å². The molecule has 21 heavy (non-hydrogen) atoms. The van der Waals surface area contributed by atoms with Gasteiger partial charge >= 0.3 is 0 Å². The Morgan fingerprint density at radius 1 is 1.14 bits per heavy atom. The number of aryl methyl sites for hydroxylation is 2. The summed E-state index contributed by atoms with van der Waals surface area (Å²) in [6.07, 6.45) is 0.730. The third-order valence-corrected chi connectivity index (χ3v) is 3.45. The van der Waals surface area contributed by atoms with Crippen LogP contribution in [0.2, 0.25) is 0 Å². The summed E-state index contributed by atoms with van der Waals surface area (Å²) in [6, 6.07) is 9.47. The molecule has 5 heteroatoms. The zero-order valence-corrected chi connectivity index (χ0v) is 12.0. The van der Waals surface area contributed by atoms with Gasteiger partial charge in [-0.15, -0.1) is 0 Å². The second kappa shape index (κ2) is 6.35. The molecule has 2 aromatic rings. The fourth-order valence-corrected chi connectivity index (χ4v) is 2.19. The fraction of sp³-hybridized carbons (Fsp3) is 0.250. The summed E-state index contributed by atoms with van der Waals surface area (Å²) in [4.78, 5) is 10.4. The molecule has 4 nitrogen and oxygen atoms in total. The number of halogens is 1. The second-order valence-electron chi connectivity index (χ2n) is 5.00. The van der Waals surface area contributed by atoms with Crippen molar-refractivity contribution in [2.75, 3.05) is 11.9 Å². The Kier molecular flexibility index (Phi) is 4.52. The molecule has 0 atom stereocenters. The van der Waals surface area contributed by atoms with Crippen molar-refractivity contribution in [1.82, 2.24) is 0 Å². The highest BCUT2D eigenvalue weighted by Gasteiger charge is 2.08. The maximum absolute atomic E-state index is 13.0. The van der Waals surface area contributed by atoms with E-state index >= 15 is 0 Å². The molecule has 0 bridgehead atoms. The van der Waals surface area contributed by atoms with Crippen LogP contribution in [0.5, 0.6) is 0 Å². The predicted molar refractivity (Wildman–Crippen MR) is 81.2 cm³/mol. The van der Waals surface area contributed by atoms with E-state index in [4.69, 9.17) is 0 Å². The lowest BCUT2D eigenvalue weighted by Gasteiger charge is -2.10. The van der Waals surface area contributed by atoms with Crippen LogP contribution in [0.4, 0.5) is 15.8 Å². The maximum atomic E-state index is 13.0. The molecule has 0 saturated carbocycles. The number of nitrogens with one attached hydrogen (secondary N) is 1. The normalized spacial score (nSPS) is 10.4. The Labute approximate surface area is 122 Å². The van der Waals surface area contributed by atoms with E-state index in [2.05, 4.69) is 5.32 Å². The molecule has 1 N–H and O–H groups in total. The van der Waals surface area contributed by atoms with Gasteiger partial charge in [-0.2, -0.15) is 0 Å². The van der Waals surface area contributed by atoms with Crippen molar-refractivity contribution in [2.24, 2.45) is 0 Å². The molecular formula is C16H17FN2O2. The van der Waals surface area contributed by atoms with E-state index in [9.17, 15) is 14.5 Å². The minimum Gasteiger partial charge on any atom is -0.384 e. The molecule has 0 amide bonds. The van der Waals surface area contributed by atoms with Gasteiger partial charge in [-0.25, -0.2) is 4.39 Å². The molecular weight excluding hydrogens is 271 g/mol. The van der Waals surface area contributed by atoms with Crippen LogP contribution in [0, 0.1) is 29.8 Å². The van der Waals surface area contributed by atoms with E-state index in [1.807, 2.05) is 13.8 Å². The summed E-state index contributed by atoms with van der Waals surface area (Å²) in [5.74, 6) is -0.237. The SMILES string of the molecule is Cc1cc(F)ccc1CCNc1cc([N+](=O)[O-])ccc1C. The Balaban J connectivity index is 2.03. The first-order valence-corrected chi connectivity index (χ1v) is 6.71. The number of nitrogens with zero attached hydrogens (tertiary/aromatic N) is 1. The first-order valence-electron chi connectivity index (χ1n) is 6.71. The molecule has 0 fully saturated rings. The Morgan fingerprint density at radius 3 is 2.57 bits per heavy atom. The standard InChI is InChI=1S/C16H17FN2O2/c1-11-3-6-15(19(20)21)10-16(11)18-8-7-13-4-5-14(17)9-12(13)2/h3-6,9-10,18H,7-8H2,1-2H3. The highest BCUT2D eigenvalue weighted by atomic mass is 19.1. The number of benzene rings is 2. The van der Waals surface area contributed by atoms with Crippen LogP contribution < -0.4 is 5.32 Å². The molecule has 0 heterocycles. The van der Waals surface area contributed by atoms with Gasteiger partial charge in [-0.1, -0.05) is 12.1 Å². The number of non-ortho nitro benzene ring substituents is 1. The Morgan fingerprint density at radius 2 is 1.90 bits per heavy atom. The van der Waals surface area contributed by atoms with Crippen molar-refractivity contribution in [3.8, 4) is 0 Å². The maximum Gasteiger partial charge on any atom is 0.271 e. The first-order chi connectivity index (χ1) is 9.97. The monoisotopic (exact) mass is 288 g/mol. The molecule has 0 aliphatic carbocycles. The summed E-state index contributed by atoms with van der Waals surface area (Å²) in [5.41, 5.74) is 3.75. The van der Waals surface area contributed by atoms with E-state index in [1.165, 1.54) is 24.3 Å². The lowest BCUT2D eigenvalue weighted by atomic mass is 10.1. The van der Waals surface area contributed by atoms with Crippen LogP contribution >= 0.6 is 0 Å². The lowest BCUT2D eigenvalue weighted by molar-refractivity contribution is -0.384. The topological polar surface area (TPSA) is 55.2 Å². The van der Waals surface area contributed by atoms with Crippen molar-refractivity contribution in [3.63, 3.8) is 0 Å². The van der Waals surface area contributed by atoms with Gasteiger partial charge in [0.05, 0.1) is 4.92 Å². The van der Waals surface area contributed by atoms with Crippen molar-refractivity contribution < 1.29 is 9.31 Å². The average molecular weight is 288 g/mol. The van der Waals surface area contributed by atoms with Crippen LogP contribution in [0.3, 0.4) is 0 Å². The van der Waals surface area contributed by atoms with Gasteiger partial charge in [0, 0.05) is 24.4 Å². The molecule has 0 radical (unpaired) electrons. The number of hydrogen-bond acceptors (Lipinski definition) is 3. The number of anilines is 1. The van der Waals surface area contributed by atoms with Crippen LogP contribution in [0.1, 0.15) is 16.7 Å². The van der Waals surface area contributed by atoms with Crippen molar-refractivity contribution in [2.45, 2.75) is 20.3 Å². The van der Waals surface area contributed by atoms with Crippen molar-refractivity contribution in [1.29, 1.82) is 0 Å². The number of nitro benzene ring substituents is 1. The summed E-state index contributed by atoms with van der Waals surface area (Å²) in [6.45, 7) is 4.40. The fourth-order valence-electron chi connectivity index (χ4n) is 2.19. The first kappa shape index (κ1) is 15.0. The molecule has 0 spiro atoms. The number of rotatable bonds is 5. The third-order valence-electron chi connectivity index (χ3n) is 3.45. The second-order valence-corrected chi connectivity index (χ2v) is 5.00. The van der Waals surface area contributed by atoms with Crippen LogP contribution in [0.25, 0.3) is 0 Å². The Bertz CT molecular complexity index is 671. The van der Waals surface area contributed by atoms with Gasteiger partial charge in [-0.3, -0.25) is 10.1 Å². The highest BCUT2D eigenvalue weighted by Crippen LogP contribution is 2.22. The molecule has 0 aliphatic rings. The molecule has 0 saturated heterocycles. The molecule has 2 aromatic carbocycles. The van der Waals surface area contributed by atoms with Gasteiger partial charge in [0.15, 0.2) is 0 Å². The molecule has 2 rings (SSSR count). The minimum atomic E-state index is -0.408. The number of nitro groups is 1. The van der Waals surface area contributed by atoms with E-state index in [0.29, 0.717) is 6.54 Å². The summed E-state index contributed by atoms with van der Waals surface area (Å²) >= 11 is 0. The van der Waals surface area contributed by atoms with Crippen molar-refractivity contribution >= 4 is 11.4 Å². The van der Waals surface area contributed by atoms with Crippen LogP contribution in [0.15, 0.2) is 36.4 Å². The molecule has 0 aromatic heterocycles. The van der Waals surface area contributed by atoms with E-state index in [1.54, 1.807) is 12.1 Å². The van der Waals surface area contributed by atoms with Crippen molar-refractivity contribution in [3.05, 3.63) is 69.0 Å². The van der Waals surface area contributed by atoms with E-state index in [0.717, 1.165) is 28.8 Å². The molecule has 110 valence electrons. The van der Waals surface area contributed by atoms with Gasteiger partial charge in [0.25, 0.3) is 5.69 Å². The summed E-state index contributed by atoms with van der Waals surface area (Å²) in [5, 5.41) is 14.0. The van der Waals surface area contributed by atoms with Gasteiger partial charge in [-0.05, 0) is 49.1 Å². The quantitative estimate of drug-likeness (QED) is 0.668. The number of hydrogen-bond donors (Lipinski definition) is 1. The minimum absolute atomic E-state index is 0.0704. The Hall–Kier alpha value is -2.43. The lowest BCUT2D eigenvalue weighted by Crippen LogP contribution is -2.07. The molecule has 0 aliphatic heterocycles. The summed E-state index contributed by atoms with van der Waals surface area (Å²) < 4.78 is 13.0.